The summed E-state index contributed by atoms with van der Waals surface area (Å²) in [6.07, 6.45) is 3.25. The first kappa shape index (κ1) is 22.4. The van der Waals surface area contributed by atoms with Gasteiger partial charge in [-0.2, -0.15) is 13.5 Å². The molecule has 0 saturated carbocycles. The molecule has 1 amide bonds. The first-order valence-electron chi connectivity index (χ1n) is 9.40. The van der Waals surface area contributed by atoms with E-state index in [0.29, 0.717) is 11.3 Å². The minimum atomic E-state index is -4.37. The van der Waals surface area contributed by atoms with Gasteiger partial charge in [-0.1, -0.05) is 26.8 Å². The van der Waals surface area contributed by atoms with E-state index < -0.39 is 32.2 Å². The van der Waals surface area contributed by atoms with Crippen molar-refractivity contribution in [1.82, 2.24) is 19.5 Å². The summed E-state index contributed by atoms with van der Waals surface area (Å²) in [5.74, 6) is -1.63. The molecule has 2 aromatic heterocycles. The maximum absolute atomic E-state index is 14.5. The predicted octanol–water partition coefficient (Wildman–Crippen LogP) is 2.89. The first-order chi connectivity index (χ1) is 14.5. The summed E-state index contributed by atoms with van der Waals surface area (Å²) >= 11 is 0. The molecule has 164 valence electrons. The van der Waals surface area contributed by atoms with Crippen LogP contribution in [-0.4, -0.2) is 36.2 Å². The Balaban J connectivity index is 1.86. The summed E-state index contributed by atoms with van der Waals surface area (Å²) < 4.78 is 48.8. The van der Waals surface area contributed by atoms with Crippen LogP contribution in [0.5, 0.6) is 5.75 Å². The molecule has 0 aliphatic rings. The number of sulfonamides is 1. The van der Waals surface area contributed by atoms with Gasteiger partial charge in [-0.25, -0.2) is 14.1 Å². The molecule has 1 aromatic carbocycles. The van der Waals surface area contributed by atoms with Crippen molar-refractivity contribution in [2.24, 2.45) is 0 Å². The van der Waals surface area contributed by atoms with E-state index in [9.17, 15) is 17.6 Å². The van der Waals surface area contributed by atoms with E-state index in [2.05, 4.69) is 10.1 Å². The zero-order chi connectivity index (χ0) is 22.8. The molecule has 8 nitrogen and oxygen atoms in total. The second-order valence-corrected chi connectivity index (χ2v) is 9.50. The van der Waals surface area contributed by atoms with Crippen molar-refractivity contribution in [3.05, 3.63) is 71.4 Å². The largest absolute Gasteiger partial charge is 0.494 e. The van der Waals surface area contributed by atoms with Gasteiger partial charge < -0.3 is 4.74 Å². The third-order valence-electron chi connectivity index (χ3n) is 4.50. The summed E-state index contributed by atoms with van der Waals surface area (Å²) in [6, 6.07) is 8.60. The van der Waals surface area contributed by atoms with E-state index >= 15 is 0 Å². The van der Waals surface area contributed by atoms with Gasteiger partial charge in [0, 0.05) is 34.6 Å². The Morgan fingerprint density at radius 3 is 2.55 bits per heavy atom. The molecule has 3 rings (SSSR count). The van der Waals surface area contributed by atoms with Gasteiger partial charge in [0.25, 0.3) is 15.9 Å². The Hall–Kier alpha value is -3.27. The summed E-state index contributed by atoms with van der Waals surface area (Å²) in [7, 11) is -3.06. The number of hydrogen-bond donors (Lipinski definition) is 1. The number of benzene rings is 1. The Kier molecular flexibility index (Phi) is 6.12. The molecule has 1 N–H and O–H groups in total. The van der Waals surface area contributed by atoms with E-state index in [1.54, 1.807) is 24.5 Å². The number of rotatable bonds is 6. The molecule has 0 radical (unpaired) electrons. The van der Waals surface area contributed by atoms with E-state index in [1.807, 2.05) is 25.5 Å². The molecule has 2 heterocycles. The van der Waals surface area contributed by atoms with Gasteiger partial charge in [-0.3, -0.25) is 9.48 Å². The highest BCUT2D eigenvalue weighted by molar-refractivity contribution is 7.90. The fourth-order valence-electron chi connectivity index (χ4n) is 2.81. The number of nitrogens with one attached hydrogen (secondary N) is 1. The minimum Gasteiger partial charge on any atom is -0.494 e. The van der Waals surface area contributed by atoms with Crippen LogP contribution in [0.25, 0.3) is 0 Å². The smallest absolute Gasteiger partial charge is 0.285 e. The number of carbonyl (C=O) groups is 1. The third-order valence-corrected chi connectivity index (χ3v) is 5.76. The lowest BCUT2D eigenvalue weighted by Crippen LogP contribution is -2.32. The first-order valence-corrected chi connectivity index (χ1v) is 10.9. The van der Waals surface area contributed by atoms with Crippen molar-refractivity contribution < 1.29 is 22.3 Å². The lowest BCUT2D eigenvalue weighted by molar-refractivity contribution is 0.0981. The molecule has 10 heteroatoms. The van der Waals surface area contributed by atoms with Gasteiger partial charge in [0.15, 0.2) is 5.75 Å². The van der Waals surface area contributed by atoms with E-state index in [0.717, 1.165) is 6.07 Å². The summed E-state index contributed by atoms with van der Waals surface area (Å²) in [5, 5.41) is 3.59. The van der Waals surface area contributed by atoms with Gasteiger partial charge in [-0.15, -0.1) is 0 Å². The van der Waals surface area contributed by atoms with E-state index in [4.69, 9.17) is 4.74 Å². The van der Waals surface area contributed by atoms with Gasteiger partial charge >= 0.3 is 0 Å². The molecule has 0 saturated heterocycles. The Labute approximate surface area is 180 Å². The molecular weight excluding hydrogens is 423 g/mol. The number of methoxy groups -OCH3 is 1. The van der Waals surface area contributed by atoms with Crippen LogP contribution in [0.1, 0.15) is 42.4 Å². The average Bonchev–Trinajstić information content (AvgIpc) is 3.21. The topological polar surface area (TPSA) is 103 Å². The highest BCUT2D eigenvalue weighted by Crippen LogP contribution is 2.27. The van der Waals surface area contributed by atoms with Crippen LogP contribution in [0.3, 0.4) is 0 Å². The number of hydrogen-bond acceptors (Lipinski definition) is 6. The number of halogens is 1. The SMILES string of the molecule is COc1ccc(C(C)(C)C)nc1S(=O)(=O)NC(=O)c1ccc(Cn2cccn2)c(F)c1. The maximum Gasteiger partial charge on any atom is 0.285 e. The van der Waals surface area contributed by atoms with Gasteiger partial charge in [0.05, 0.1) is 13.7 Å². The van der Waals surface area contributed by atoms with Crippen molar-refractivity contribution in [2.75, 3.05) is 7.11 Å². The second-order valence-electron chi connectivity index (χ2n) is 7.90. The standard InChI is InChI=1S/C21H23FN4O4S/c1-21(2,3)18-9-8-17(30-4)20(24-18)31(28,29)25-19(27)14-6-7-15(16(22)12-14)13-26-11-5-10-23-26/h5-12H,13H2,1-4H3,(H,25,27). The number of nitrogens with zero attached hydrogens (tertiary/aromatic N) is 3. The van der Waals surface area contributed by atoms with Crippen LogP contribution in [0.15, 0.2) is 53.8 Å². The predicted molar refractivity (Wildman–Crippen MR) is 112 cm³/mol. The third kappa shape index (κ3) is 5.08. The second kappa shape index (κ2) is 8.46. The zero-order valence-corrected chi connectivity index (χ0v) is 18.4. The summed E-state index contributed by atoms with van der Waals surface area (Å²) in [4.78, 5) is 16.7. The molecule has 0 unspecified atom stereocenters. The molecule has 0 spiro atoms. The number of pyridine rings is 1. The number of aromatic nitrogens is 3. The van der Waals surface area contributed by atoms with Crippen LogP contribution in [0.4, 0.5) is 4.39 Å². The van der Waals surface area contributed by atoms with Gasteiger partial charge in [-0.05, 0) is 30.3 Å². The lowest BCUT2D eigenvalue weighted by Gasteiger charge is -2.19. The highest BCUT2D eigenvalue weighted by atomic mass is 32.2. The van der Waals surface area contributed by atoms with Crippen molar-refractivity contribution in [3.63, 3.8) is 0 Å². The Morgan fingerprint density at radius 2 is 1.97 bits per heavy atom. The van der Waals surface area contributed by atoms with Crippen LogP contribution in [0.2, 0.25) is 0 Å². The monoisotopic (exact) mass is 446 g/mol. The quantitative estimate of drug-likeness (QED) is 0.625. The van der Waals surface area contributed by atoms with Crippen molar-refractivity contribution in [3.8, 4) is 5.75 Å². The Morgan fingerprint density at radius 1 is 1.23 bits per heavy atom. The molecule has 0 atom stereocenters. The average molecular weight is 447 g/mol. The number of ether oxygens (including phenoxy) is 1. The molecular formula is C21H23FN4O4S. The fraction of sp³-hybridized carbons (Fsp3) is 0.286. The normalized spacial score (nSPS) is 11.9. The maximum atomic E-state index is 14.5. The van der Waals surface area contributed by atoms with Crippen molar-refractivity contribution in [2.45, 2.75) is 37.8 Å². The lowest BCUT2D eigenvalue weighted by atomic mass is 9.92. The summed E-state index contributed by atoms with van der Waals surface area (Å²) in [5.41, 5.74) is 0.254. The molecule has 31 heavy (non-hydrogen) atoms. The minimum absolute atomic E-state index is 0.00551. The number of carbonyl (C=O) groups excluding carboxylic acids is 1. The fourth-order valence-corrected chi connectivity index (χ4v) is 3.90. The molecule has 0 aliphatic carbocycles. The number of amides is 1. The van der Waals surface area contributed by atoms with Crippen molar-refractivity contribution >= 4 is 15.9 Å². The Bertz CT molecular complexity index is 1200. The zero-order valence-electron chi connectivity index (χ0n) is 17.6. The van der Waals surface area contributed by atoms with E-state index in [-0.39, 0.29) is 17.9 Å². The van der Waals surface area contributed by atoms with E-state index in [1.165, 1.54) is 30.0 Å². The highest BCUT2D eigenvalue weighted by Gasteiger charge is 2.27. The summed E-state index contributed by atoms with van der Waals surface area (Å²) in [6.45, 7) is 5.82. The molecule has 0 fully saturated rings. The van der Waals surface area contributed by atoms with Crippen LogP contribution in [-0.2, 0) is 22.0 Å². The van der Waals surface area contributed by atoms with Crippen LogP contribution >= 0.6 is 0 Å². The van der Waals surface area contributed by atoms with Gasteiger partial charge in [0.2, 0.25) is 5.03 Å². The van der Waals surface area contributed by atoms with Crippen LogP contribution < -0.4 is 9.46 Å². The van der Waals surface area contributed by atoms with Crippen molar-refractivity contribution in [1.29, 1.82) is 0 Å². The molecule has 3 aromatic rings. The van der Waals surface area contributed by atoms with Crippen LogP contribution in [0, 0.1) is 5.82 Å². The van der Waals surface area contributed by atoms with Gasteiger partial charge in [0.1, 0.15) is 5.82 Å². The molecule has 0 aliphatic heterocycles. The molecule has 0 bridgehead atoms.